The Bertz CT molecular complexity index is 115. The first-order chi connectivity index (χ1) is 6.67. The lowest BCUT2D eigenvalue weighted by Crippen LogP contribution is -2.31. The van der Waals surface area contributed by atoms with Crippen LogP contribution in [0.1, 0.15) is 59.3 Å². The van der Waals surface area contributed by atoms with Crippen LogP contribution in [0.2, 0.25) is 0 Å². The molecule has 86 valence electrons. The van der Waals surface area contributed by atoms with Gasteiger partial charge < -0.3 is 10.2 Å². The van der Waals surface area contributed by atoms with Crippen LogP contribution >= 0.6 is 0 Å². The van der Waals surface area contributed by atoms with Gasteiger partial charge in [0.2, 0.25) is 0 Å². The summed E-state index contributed by atoms with van der Waals surface area (Å²) in [6, 6.07) is 0. The second-order valence-electron chi connectivity index (χ2n) is 4.11. The molecule has 0 amide bonds. The summed E-state index contributed by atoms with van der Waals surface area (Å²) < 4.78 is 0. The van der Waals surface area contributed by atoms with E-state index in [1.54, 1.807) is 0 Å². The summed E-state index contributed by atoms with van der Waals surface area (Å²) in [5.41, 5.74) is 0. The molecule has 0 aliphatic heterocycles. The zero-order chi connectivity index (χ0) is 11.0. The fraction of sp³-hybridized carbons (Fsp3) is 1.00. The standard InChI is InChI=1S/C12H26O2/c1-4-7-8-9-10(11(13)5-2)12(14)6-3/h10-14H,4-9H2,1-3H3. The number of hydrogen-bond donors (Lipinski definition) is 2. The smallest absolute Gasteiger partial charge is 0.0590 e. The van der Waals surface area contributed by atoms with Crippen molar-refractivity contribution in [1.29, 1.82) is 0 Å². The first-order valence-corrected chi connectivity index (χ1v) is 6.03. The average molecular weight is 202 g/mol. The topological polar surface area (TPSA) is 40.5 Å². The maximum absolute atomic E-state index is 9.76. The summed E-state index contributed by atoms with van der Waals surface area (Å²) in [4.78, 5) is 0. The van der Waals surface area contributed by atoms with Crippen LogP contribution in [0.3, 0.4) is 0 Å². The quantitative estimate of drug-likeness (QED) is 0.594. The van der Waals surface area contributed by atoms with Gasteiger partial charge in [-0.05, 0) is 19.3 Å². The predicted molar refractivity (Wildman–Crippen MR) is 60.2 cm³/mol. The van der Waals surface area contributed by atoms with E-state index in [2.05, 4.69) is 6.92 Å². The molecule has 0 radical (unpaired) electrons. The lowest BCUT2D eigenvalue weighted by molar-refractivity contribution is 0.00350. The van der Waals surface area contributed by atoms with Crippen molar-refractivity contribution in [2.45, 2.75) is 71.5 Å². The molecule has 0 aromatic carbocycles. The van der Waals surface area contributed by atoms with Gasteiger partial charge in [0.25, 0.3) is 0 Å². The highest BCUT2D eigenvalue weighted by Crippen LogP contribution is 2.21. The zero-order valence-corrected chi connectivity index (χ0v) is 9.87. The van der Waals surface area contributed by atoms with Gasteiger partial charge in [0.15, 0.2) is 0 Å². The molecule has 0 saturated carbocycles. The minimum absolute atomic E-state index is 0.0801. The van der Waals surface area contributed by atoms with Gasteiger partial charge in [-0.15, -0.1) is 0 Å². The van der Waals surface area contributed by atoms with Gasteiger partial charge in [-0.25, -0.2) is 0 Å². The van der Waals surface area contributed by atoms with Crippen LogP contribution in [0.5, 0.6) is 0 Å². The Balaban J connectivity index is 3.97. The largest absolute Gasteiger partial charge is 0.393 e. The van der Waals surface area contributed by atoms with Crippen molar-refractivity contribution in [3.63, 3.8) is 0 Å². The number of rotatable bonds is 8. The molecule has 0 spiro atoms. The lowest BCUT2D eigenvalue weighted by atomic mass is 9.87. The van der Waals surface area contributed by atoms with Crippen molar-refractivity contribution in [1.82, 2.24) is 0 Å². The third-order valence-corrected chi connectivity index (χ3v) is 2.97. The highest BCUT2D eigenvalue weighted by atomic mass is 16.3. The molecular weight excluding hydrogens is 176 g/mol. The third-order valence-electron chi connectivity index (χ3n) is 2.97. The molecule has 0 fully saturated rings. The molecule has 2 heteroatoms. The summed E-state index contributed by atoms with van der Waals surface area (Å²) in [6.45, 7) is 6.11. The Morgan fingerprint density at radius 1 is 0.857 bits per heavy atom. The van der Waals surface area contributed by atoms with Crippen molar-refractivity contribution in [2.24, 2.45) is 5.92 Å². The minimum Gasteiger partial charge on any atom is -0.393 e. The maximum atomic E-state index is 9.76. The summed E-state index contributed by atoms with van der Waals surface area (Å²) in [5.74, 6) is 0.0801. The first kappa shape index (κ1) is 13.9. The summed E-state index contributed by atoms with van der Waals surface area (Å²) in [7, 11) is 0. The monoisotopic (exact) mass is 202 g/mol. The van der Waals surface area contributed by atoms with Gasteiger partial charge in [-0.3, -0.25) is 0 Å². The molecular formula is C12H26O2. The van der Waals surface area contributed by atoms with Gasteiger partial charge in [0, 0.05) is 5.92 Å². The molecule has 0 aliphatic rings. The Morgan fingerprint density at radius 2 is 1.36 bits per heavy atom. The molecule has 0 bridgehead atoms. The summed E-state index contributed by atoms with van der Waals surface area (Å²) >= 11 is 0. The highest BCUT2D eigenvalue weighted by molar-refractivity contribution is 4.74. The average Bonchev–Trinajstić information content (AvgIpc) is 2.22. The maximum Gasteiger partial charge on any atom is 0.0590 e. The van der Waals surface area contributed by atoms with Gasteiger partial charge in [-0.2, -0.15) is 0 Å². The van der Waals surface area contributed by atoms with E-state index in [1.165, 1.54) is 12.8 Å². The molecule has 2 nitrogen and oxygen atoms in total. The fourth-order valence-electron chi connectivity index (χ4n) is 1.88. The third kappa shape index (κ3) is 4.97. The van der Waals surface area contributed by atoms with E-state index in [0.717, 1.165) is 25.7 Å². The summed E-state index contributed by atoms with van der Waals surface area (Å²) in [5, 5.41) is 19.5. The second kappa shape index (κ2) is 8.25. The lowest BCUT2D eigenvalue weighted by Gasteiger charge is -2.26. The molecule has 14 heavy (non-hydrogen) atoms. The van der Waals surface area contributed by atoms with E-state index in [0.29, 0.717) is 0 Å². The Kier molecular flexibility index (Phi) is 8.20. The van der Waals surface area contributed by atoms with Crippen molar-refractivity contribution >= 4 is 0 Å². The van der Waals surface area contributed by atoms with E-state index < -0.39 is 0 Å². The molecule has 0 aromatic heterocycles. The molecule has 2 unspecified atom stereocenters. The van der Waals surface area contributed by atoms with Crippen molar-refractivity contribution in [3.05, 3.63) is 0 Å². The highest BCUT2D eigenvalue weighted by Gasteiger charge is 2.23. The molecule has 0 aromatic rings. The van der Waals surface area contributed by atoms with Gasteiger partial charge in [0.1, 0.15) is 0 Å². The molecule has 2 atom stereocenters. The number of unbranched alkanes of at least 4 members (excludes halogenated alkanes) is 2. The van der Waals surface area contributed by atoms with Crippen LogP contribution in [-0.4, -0.2) is 22.4 Å². The fourth-order valence-corrected chi connectivity index (χ4v) is 1.88. The zero-order valence-electron chi connectivity index (χ0n) is 9.87. The van der Waals surface area contributed by atoms with Crippen LogP contribution in [0.4, 0.5) is 0 Å². The van der Waals surface area contributed by atoms with Crippen LogP contribution < -0.4 is 0 Å². The first-order valence-electron chi connectivity index (χ1n) is 6.03. The van der Waals surface area contributed by atoms with Gasteiger partial charge in [-0.1, -0.05) is 40.0 Å². The van der Waals surface area contributed by atoms with Crippen LogP contribution in [-0.2, 0) is 0 Å². The molecule has 0 heterocycles. The Hall–Kier alpha value is -0.0800. The number of hydrogen-bond acceptors (Lipinski definition) is 2. The van der Waals surface area contributed by atoms with Crippen molar-refractivity contribution < 1.29 is 10.2 Å². The second-order valence-corrected chi connectivity index (χ2v) is 4.11. The van der Waals surface area contributed by atoms with Gasteiger partial charge in [0.05, 0.1) is 12.2 Å². The molecule has 2 N–H and O–H groups in total. The van der Waals surface area contributed by atoms with Crippen molar-refractivity contribution in [2.75, 3.05) is 0 Å². The van der Waals surface area contributed by atoms with E-state index in [1.807, 2.05) is 13.8 Å². The molecule has 0 rings (SSSR count). The normalized spacial score (nSPS) is 17.8. The summed E-state index contributed by atoms with van der Waals surface area (Å²) in [6.07, 6.45) is 5.29. The van der Waals surface area contributed by atoms with Crippen LogP contribution in [0, 0.1) is 5.92 Å². The SMILES string of the molecule is CCCCCC(C(O)CC)C(O)CC. The van der Waals surface area contributed by atoms with E-state index in [4.69, 9.17) is 0 Å². The van der Waals surface area contributed by atoms with Crippen LogP contribution in [0.15, 0.2) is 0 Å². The van der Waals surface area contributed by atoms with Gasteiger partial charge >= 0.3 is 0 Å². The van der Waals surface area contributed by atoms with Crippen LogP contribution in [0.25, 0.3) is 0 Å². The minimum atomic E-state index is -0.332. The predicted octanol–water partition coefficient (Wildman–Crippen LogP) is 2.72. The molecule has 0 aliphatic carbocycles. The number of aliphatic hydroxyl groups is 2. The van der Waals surface area contributed by atoms with Crippen molar-refractivity contribution in [3.8, 4) is 0 Å². The number of aliphatic hydroxyl groups excluding tert-OH is 2. The Labute approximate surface area is 88.3 Å². The molecule has 0 saturated heterocycles. The Morgan fingerprint density at radius 3 is 1.71 bits per heavy atom. The van der Waals surface area contributed by atoms with E-state index >= 15 is 0 Å². The van der Waals surface area contributed by atoms with E-state index in [-0.39, 0.29) is 18.1 Å². The van der Waals surface area contributed by atoms with E-state index in [9.17, 15) is 10.2 Å².